The molecule has 3 nitrogen and oxygen atoms in total. The molecule has 0 radical (unpaired) electrons. The fourth-order valence-electron chi connectivity index (χ4n) is 3.81. The number of oxime groups is 1. The first-order valence-electron chi connectivity index (χ1n) is 10.7. The van der Waals surface area contributed by atoms with Crippen molar-refractivity contribution in [3.05, 3.63) is 127 Å². The third-order valence-electron chi connectivity index (χ3n) is 5.39. The maximum absolute atomic E-state index is 12.7. The Morgan fingerprint density at radius 3 is 1.44 bits per heavy atom. The summed E-state index contributed by atoms with van der Waals surface area (Å²) in [6.45, 7) is 1.85. The number of benzene rings is 4. The van der Waals surface area contributed by atoms with E-state index in [-0.39, 0.29) is 12.2 Å². The maximum atomic E-state index is 12.7. The van der Waals surface area contributed by atoms with Crippen LogP contribution in [0.5, 0.6) is 0 Å². The number of ketones is 1. The Kier molecular flexibility index (Phi) is 6.73. The van der Waals surface area contributed by atoms with Crippen LogP contribution in [0.3, 0.4) is 0 Å². The van der Waals surface area contributed by atoms with Crippen LogP contribution in [0.15, 0.2) is 126 Å². The van der Waals surface area contributed by atoms with Gasteiger partial charge in [0.25, 0.3) is 0 Å². The van der Waals surface area contributed by atoms with E-state index in [1.165, 1.54) is 0 Å². The highest BCUT2D eigenvalue weighted by atomic mass is 28.4. The number of Topliss-reactive ketones (excluding diaryl/α,β-unsaturated/α-hetero) is 1. The Morgan fingerprint density at radius 2 is 1.03 bits per heavy atom. The molecule has 0 aliphatic rings. The summed E-state index contributed by atoms with van der Waals surface area (Å²) in [6.07, 6.45) is 0.215. The summed E-state index contributed by atoms with van der Waals surface area (Å²) in [5.41, 5.74) is 1.33. The van der Waals surface area contributed by atoms with E-state index < -0.39 is 8.32 Å². The molecule has 4 rings (SSSR count). The lowest BCUT2D eigenvalue weighted by molar-refractivity contribution is 0.0999. The van der Waals surface area contributed by atoms with Crippen molar-refractivity contribution in [3.8, 4) is 0 Å². The van der Waals surface area contributed by atoms with Gasteiger partial charge in [0.1, 0.15) is 0 Å². The van der Waals surface area contributed by atoms with Crippen LogP contribution in [0.25, 0.3) is 0 Å². The molecule has 0 saturated heterocycles. The van der Waals surface area contributed by atoms with Crippen molar-refractivity contribution >= 4 is 35.4 Å². The first kappa shape index (κ1) is 21.5. The van der Waals surface area contributed by atoms with Gasteiger partial charge in [-0.25, -0.2) is 0 Å². The van der Waals surface area contributed by atoms with Gasteiger partial charge in [-0.1, -0.05) is 121 Å². The van der Waals surface area contributed by atoms with Gasteiger partial charge in [-0.15, -0.1) is 5.16 Å². The van der Waals surface area contributed by atoms with Crippen LogP contribution >= 0.6 is 0 Å². The van der Waals surface area contributed by atoms with Gasteiger partial charge in [0, 0.05) is 5.56 Å². The zero-order chi connectivity index (χ0) is 22.2. The molecule has 32 heavy (non-hydrogen) atoms. The quantitative estimate of drug-likeness (QED) is 0.136. The largest absolute Gasteiger partial charge is 0.438 e. The van der Waals surface area contributed by atoms with Crippen molar-refractivity contribution < 1.29 is 9.32 Å². The van der Waals surface area contributed by atoms with Crippen LogP contribution < -0.4 is 15.6 Å². The molecule has 0 fully saturated rings. The molecule has 0 unspecified atom stereocenters. The van der Waals surface area contributed by atoms with E-state index in [0.717, 1.165) is 15.6 Å². The number of hydrogen-bond donors (Lipinski definition) is 0. The zero-order valence-corrected chi connectivity index (χ0v) is 19.0. The normalized spacial score (nSPS) is 11.7. The van der Waals surface area contributed by atoms with Crippen molar-refractivity contribution in [2.24, 2.45) is 5.16 Å². The van der Waals surface area contributed by atoms with Crippen molar-refractivity contribution in [2.75, 3.05) is 0 Å². The van der Waals surface area contributed by atoms with Crippen LogP contribution in [0, 0.1) is 0 Å². The molecule has 0 spiro atoms. The second kappa shape index (κ2) is 10.0. The fourth-order valence-corrected chi connectivity index (χ4v) is 7.41. The summed E-state index contributed by atoms with van der Waals surface area (Å²) in [6, 6.07) is 40.1. The topological polar surface area (TPSA) is 38.7 Å². The molecule has 0 heterocycles. The molecule has 0 atom stereocenters. The van der Waals surface area contributed by atoms with Crippen molar-refractivity contribution in [2.45, 2.75) is 13.3 Å². The van der Waals surface area contributed by atoms with Gasteiger partial charge in [-0.2, -0.15) is 0 Å². The Morgan fingerprint density at radius 1 is 0.656 bits per heavy atom. The monoisotopic (exact) mass is 435 g/mol. The number of hydrogen-bond acceptors (Lipinski definition) is 3. The maximum Gasteiger partial charge on any atom is 0.380 e. The lowest BCUT2D eigenvalue weighted by Gasteiger charge is -2.30. The molecule has 0 aliphatic carbocycles. The lowest BCUT2D eigenvalue weighted by atomic mass is 10.1. The Labute approximate surface area is 190 Å². The molecular formula is C28H25NO2Si. The molecule has 4 aromatic rings. The standard InChI is InChI=1S/C28H25NO2Si/c1-23(22-28(30)24-14-6-2-7-15-24)29-31-32(25-16-8-3-9-17-25,26-18-10-4-11-19-26)27-20-12-5-13-21-27/h2-21H,22H2,1H3. The Balaban J connectivity index is 1.76. The van der Waals surface area contributed by atoms with Crippen LogP contribution in [0.1, 0.15) is 23.7 Å². The van der Waals surface area contributed by atoms with E-state index in [1.54, 1.807) is 0 Å². The summed E-state index contributed by atoms with van der Waals surface area (Å²) >= 11 is 0. The second-order valence-electron chi connectivity index (χ2n) is 7.66. The summed E-state index contributed by atoms with van der Waals surface area (Å²) in [4.78, 5) is 12.7. The molecule has 0 N–H and O–H groups in total. The number of carbonyl (C=O) groups excluding carboxylic acids is 1. The van der Waals surface area contributed by atoms with Gasteiger partial charge in [-0.3, -0.25) is 4.79 Å². The minimum atomic E-state index is -2.92. The SMILES string of the molecule is CC(CC(=O)c1ccccc1)=NO[Si](c1ccccc1)(c1ccccc1)c1ccccc1. The molecule has 4 heteroatoms. The molecule has 0 aliphatic heterocycles. The van der Waals surface area contributed by atoms with Crippen molar-refractivity contribution in [1.82, 2.24) is 0 Å². The molecule has 4 aromatic carbocycles. The number of carbonyl (C=O) groups is 1. The predicted octanol–water partition coefficient (Wildman–Crippen LogP) is 4.32. The first-order valence-corrected chi connectivity index (χ1v) is 12.6. The van der Waals surface area contributed by atoms with E-state index in [1.807, 2.05) is 91.9 Å². The Bertz CT molecular complexity index is 1080. The Hall–Kier alpha value is -3.76. The highest BCUT2D eigenvalue weighted by molar-refractivity contribution is 7.07. The average Bonchev–Trinajstić information content (AvgIpc) is 2.87. The van der Waals surface area contributed by atoms with Gasteiger partial charge in [0.2, 0.25) is 0 Å². The highest BCUT2D eigenvalue weighted by Crippen LogP contribution is 2.12. The van der Waals surface area contributed by atoms with E-state index in [0.29, 0.717) is 11.3 Å². The van der Waals surface area contributed by atoms with Crippen LogP contribution in [-0.2, 0) is 4.53 Å². The van der Waals surface area contributed by atoms with Gasteiger partial charge in [0.05, 0.1) is 12.1 Å². The van der Waals surface area contributed by atoms with Crippen molar-refractivity contribution in [3.63, 3.8) is 0 Å². The van der Waals surface area contributed by atoms with E-state index in [9.17, 15) is 4.79 Å². The van der Waals surface area contributed by atoms with E-state index in [2.05, 4.69) is 41.6 Å². The minimum Gasteiger partial charge on any atom is -0.438 e. The molecule has 0 amide bonds. The molecule has 158 valence electrons. The van der Waals surface area contributed by atoms with E-state index >= 15 is 0 Å². The third-order valence-corrected chi connectivity index (χ3v) is 9.20. The van der Waals surface area contributed by atoms with Crippen LogP contribution in [0.2, 0.25) is 0 Å². The third kappa shape index (κ3) is 4.61. The smallest absolute Gasteiger partial charge is 0.380 e. The molecule has 0 saturated carbocycles. The number of nitrogens with zero attached hydrogens (tertiary/aromatic N) is 1. The van der Waals surface area contributed by atoms with Gasteiger partial charge in [-0.05, 0) is 22.5 Å². The van der Waals surface area contributed by atoms with Crippen LogP contribution in [0.4, 0.5) is 0 Å². The van der Waals surface area contributed by atoms with Gasteiger partial charge >= 0.3 is 8.32 Å². The predicted molar refractivity (Wildman–Crippen MR) is 134 cm³/mol. The van der Waals surface area contributed by atoms with Gasteiger partial charge in [0.15, 0.2) is 5.78 Å². The first-order chi connectivity index (χ1) is 15.7. The molecule has 0 bridgehead atoms. The summed E-state index contributed by atoms with van der Waals surface area (Å²) in [5, 5.41) is 7.85. The fraction of sp³-hybridized carbons (Fsp3) is 0.0714. The van der Waals surface area contributed by atoms with Crippen LogP contribution in [-0.4, -0.2) is 19.8 Å². The highest BCUT2D eigenvalue weighted by Gasteiger charge is 2.44. The molecule has 0 aromatic heterocycles. The van der Waals surface area contributed by atoms with Gasteiger partial charge < -0.3 is 4.53 Å². The summed E-state index contributed by atoms with van der Waals surface area (Å²) < 4.78 is 6.56. The summed E-state index contributed by atoms with van der Waals surface area (Å²) in [7, 11) is -2.92. The minimum absolute atomic E-state index is 0.0295. The zero-order valence-electron chi connectivity index (χ0n) is 18.0. The molecular weight excluding hydrogens is 410 g/mol. The van der Waals surface area contributed by atoms with Crippen molar-refractivity contribution in [1.29, 1.82) is 0 Å². The van der Waals surface area contributed by atoms with E-state index in [4.69, 9.17) is 4.53 Å². The second-order valence-corrected chi connectivity index (χ2v) is 10.9. The number of rotatable bonds is 8. The lowest BCUT2D eigenvalue weighted by Crippen LogP contribution is -2.68. The average molecular weight is 436 g/mol. The summed E-state index contributed by atoms with van der Waals surface area (Å²) in [5.74, 6) is 0.0295.